The van der Waals surface area contributed by atoms with E-state index < -0.39 is 0 Å². The number of halogens is 1. The van der Waals surface area contributed by atoms with Crippen LogP contribution in [0.25, 0.3) is 0 Å². The van der Waals surface area contributed by atoms with Gasteiger partial charge in [0.2, 0.25) is 0 Å². The molecule has 0 bridgehead atoms. The predicted octanol–water partition coefficient (Wildman–Crippen LogP) is 6.04. The second-order valence-corrected chi connectivity index (χ2v) is 9.96. The van der Waals surface area contributed by atoms with Crippen molar-refractivity contribution in [3.05, 3.63) is 88.7 Å². The summed E-state index contributed by atoms with van der Waals surface area (Å²) in [6.45, 7) is 7.76. The highest BCUT2D eigenvalue weighted by Crippen LogP contribution is 2.48. The summed E-state index contributed by atoms with van der Waals surface area (Å²) in [7, 11) is 1.67. The molecule has 1 spiro atoms. The molecule has 2 aliphatic rings. The van der Waals surface area contributed by atoms with Gasteiger partial charge in [0.25, 0.3) is 0 Å². The van der Waals surface area contributed by atoms with E-state index in [-0.39, 0.29) is 17.3 Å². The average molecular weight is 474 g/mol. The highest BCUT2D eigenvalue weighted by atomic mass is 19.1. The third kappa shape index (κ3) is 4.76. The van der Waals surface area contributed by atoms with Crippen LogP contribution < -0.4 is 15.0 Å². The van der Waals surface area contributed by atoms with Gasteiger partial charge in [-0.3, -0.25) is 9.80 Å². The summed E-state index contributed by atoms with van der Waals surface area (Å²) in [5, 5.41) is 2.87. The molecule has 35 heavy (non-hydrogen) atoms. The fourth-order valence-corrected chi connectivity index (χ4v) is 5.70. The average Bonchev–Trinajstić information content (AvgIpc) is 3.13. The molecule has 0 saturated carbocycles. The summed E-state index contributed by atoms with van der Waals surface area (Å²) in [5.41, 5.74) is 6.34. The number of benzene rings is 3. The monoisotopic (exact) mass is 473 g/mol. The molecule has 2 aliphatic heterocycles. The topological polar surface area (TPSA) is 44.8 Å². The molecule has 0 radical (unpaired) electrons. The van der Waals surface area contributed by atoms with Crippen LogP contribution in [0, 0.1) is 19.7 Å². The second-order valence-electron chi connectivity index (χ2n) is 9.96. The van der Waals surface area contributed by atoms with Crippen LogP contribution in [0.1, 0.15) is 35.1 Å². The Morgan fingerprint density at radius 1 is 1.03 bits per heavy atom. The number of likely N-dealkylation sites (tertiary alicyclic amines) is 1. The Morgan fingerprint density at radius 3 is 2.46 bits per heavy atom. The molecule has 0 atom stereocenters. The number of hydrogen-bond donors (Lipinski definition) is 1. The zero-order valence-electron chi connectivity index (χ0n) is 20.6. The lowest BCUT2D eigenvalue weighted by atomic mass is 9.74. The minimum Gasteiger partial charge on any atom is -0.497 e. The van der Waals surface area contributed by atoms with Gasteiger partial charge in [-0.25, -0.2) is 9.18 Å². The summed E-state index contributed by atoms with van der Waals surface area (Å²) < 4.78 is 19.2. The van der Waals surface area contributed by atoms with Crippen molar-refractivity contribution in [1.29, 1.82) is 0 Å². The van der Waals surface area contributed by atoms with Gasteiger partial charge in [0.15, 0.2) is 0 Å². The number of fused-ring (bicyclic) bond motifs is 2. The number of piperidine rings is 1. The van der Waals surface area contributed by atoms with Crippen molar-refractivity contribution in [2.45, 2.75) is 38.6 Å². The lowest BCUT2D eigenvalue weighted by Crippen LogP contribution is -2.46. The van der Waals surface area contributed by atoms with Crippen LogP contribution in [0.3, 0.4) is 0 Å². The fourth-order valence-electron chi connectivity index (χ4n) is 5.70. The van der Waals surface area contributed by atoms with E-state index in [2.05, 4.69) is 48.3 Å². The van der Waals surface area contributed by atoms with E-state index in [0.29, 0.717) is 12.2 Å². The second kappa shape index (κ2) is 9.34. The zero-order chi connectivity index (χ0) is 24.6. The molecule has 6 heteroatoms. The zero-order valence-corrected chi connectivity index (χ0v) is 20.6. The molecule has 0 unspecified atom stereocenters. The molecular formula is C29H32FN3O2. The van der Waals surface area contributed by atoms with Crippen LogP contribution in [0.2, 0.25) is 0 Å². The smallest absolute Gasteiger partial charge is 0.326 e. The van der Waals surface area contributed by atoms with Gasteiger partial charge in [-0.1, -0.05) is 35.4 Å². The van der Waals surface area contributed by atoms with Gasteiger partial charge in [-0.2, -0.15) is 0 Å². The fraction of sp³-hybridized carbons (Fsp3) is 0.345. The maximum atomic E-state index is 13.7. The molecule has 182 valence electrons. The molecule has 3 aromatic carbocycles. The summed E-state index contributed by atoms with van der Waals surface area (Å²) in [6.07, 6.45) is 1.92. The number of hydrogen-bond acceptors (Lipinski definition) is 3. The molecule has 2 amide bonds. The minimum atomic E-state index is -0.373. The normalized spacial score (nSPS) is 16.9. The molecule has 0 aliphatic carbocycles. The molecule has 5 rings (SSSR count). The van der Waals surface area contributed by atoms with Crippen molar-refractivity contribution in [2.24, 2.45) is 0 Å². The Bertz CT molecular complexity index is 1230. The Balaban J connectivity index is 1.36. The number of ether oxygens (including phenoxy) is 1. The van der Waals surface area contributed by atoms with Crippen molar-refractivity contribution in [3.63, 3.8) is 0 Å². The largest absolute Gasteiger partial charge is 0.497 e. The van der Waals surface area contributed by atoms with E-state index in [1.807, 2.05) is 12.1 Å². The van der Waals surface area contributed by atoms with Crippen molar-refractivity contribution in [2.75, 3.05) is 37.0 Å². The lowest BCUT2D eigenvalue weighted by molar-refractivity contribution is 0.160. The van der Waals surface area contributed by atoms with Crippen molar-refractivity contribution < 1.29 is 13.9 Å². The van der Waals surface area contributed by atoms with Crippen LogP contribution in [0.15, 0.2) is 60.7 Å². The number of nitrogens with one attached hydrogen (secondary N) is 1. The molecule has 1 fully saturated rings. The number of anilines is 2. The first-order valence-corrected chi connectivity index (χ1v) is 12.2. The lowest BCUT2D eigenvalue weighted by Gasteiger charge is -2.40. The van der Waals surface area contributed by atoms with Gasteiger partial charge in [-0.05, 0) is 87.3 Å². The third-order valence-electron chi connectivity index (χ3n) is 7.35. The van der Waals surface area contributed by atoms with Gasteiger partial charge in [0, 0.05) is 29.9 Å². The minimum absolute atomic E-state index is 0.123. The number of methoxy groups -OCH3 is 1. The van der Waals surface area contributed by atoms with E-state index in [4.69, 9.17) is 4.74 Å². The number of carbonyl (C=O) groups excluding carboxylic acids is 1. The number of aryl methyl sites for hydroxylation is 2. The van der Waals surface area contributed by atoms with Gasteiger partial charge in [0.1, 0.15) is 11.6 Å². The van der Waals surface area contributed by atoms with Crippen molar-refractivity contribution in [1.82, 2.24) is 4.90 Å². The van der Waals surface area contributed by atoms with E-state index in [9.17, 15) is 9.18 Å². The molecule has 1 saturated heterocycles. The van der Waals surface area contributed by atoms with Crippen LogP contribution in [0.4, 0.5) is 20.6 Å². The summed E-state index contributed by atoms with van der Waals surface area (Å²) in [6, 6.07) is 18.5. The van der Waals surface area contributed by atoms with Gasteiger partial charge >= 0.3 is 6.03 Å². The molecular weight excluding hydrogens is 441 g/mol. The standard InChI is InChI=1S/C29H32FN3O2/c1-20-13-21(2)15-22(14-20)18-32-11-9-29(10-12-32)19-33(27-8-7-25(35-3)17-26(27)29)28(34)31-24-6-4-5-23(30)16-24/h4-8,13-17H,9-12,18-19H2,1-3H3,(H,31,34). The third-order valence-corrected chi connectivity index (χ3v) is 7.35. The Morgan fingerprint density at radius 2 is 1.77 bits per heavy atom. The maximum Gasteiger partial charge on any atom is 0.326 e. The van der Waals surface area contributed by atoms with Crippen molar-refractivity contribution in [3.8, 4) is 5.75 Å². The van der Waals surface area contributed by atoms with Crippen LogP contribution in [-0.4, -0.2) is 37.7 Å². The number of rotatable bonds is 4. The first kappa shape index (κ1) is 23.4. The molecule has 0 aromatic heterocycles. The van der Waals surface area contributed by atoms with E-state index in [1.165, 1.54) is 28.8 Å². The maximum absolute atomic E-state index is 13.7. The van der Waals surface area contributed by atoms with Crippen molar-refractivity contribution >= 4 is 17.4 Å². The first-order valence-electron chi connectivity index (χ1n) is 12.2. The van der Waals surface area contributed by atoms with Gasteiger partial charge < -0.3 is 10.1 Å². The molecule has 5 nitrogen and oxygen atoms in total. The summed E-state index contributed by atoms with van der Waals surface area (Å²) in [5.74, 6) is 0.426. The highest BCUT2D eigenvalue weighted by molar-refractivity contribution is 6.03. The highest BCUT2D eigenvalue weighted by Gasteiger charge is 2.46. The van der Waals surface area contributed by atoms with Gasteiger partial charge in [0.05, 0.1) is 7.11 Å². The van der Waals surface area contributed by atoms with E-state index >= 15 is 0 Å². The number of nitrogens with zero attached hydrogens (tertiary/aromatic N) is 2. The van der Waals surface area contributed by atoms with Gasteiger partial charge in [-0.15, -0.1) is 0 Å². The van der Waals surface area contributed by atoms with Crippen LogP contribution >= 0.6 is 0 Å². The number of carbonyl (C=O) groups is 1. The quantitative estimate of drug-likeness (QED) is 0.503. The Hall–Kier alpha value is -3.38. The van der Waals surface area contributed by atoms with E-state index in [0.717, 1.165) is 49.5 Å². The molecule has 1 N–H and O–H groups in total. The number of urea groups is 1. The molecule has 3 aromatic rings. The number of amides is 2. The van der Waals surface area contributed by atoms with E-state index in [1.54, 1.807) is 24.1 Å². The predicted molar refractivity (Wildman–Crippen MR) is 138 cm³/mol. The Kier molecular flexibility index (Phi) is 6.24. The first-order chi connectivity index (χ1) is 16.8. The Labute approximate surface area is 206 Å². The molecule has 2 heterocycles. The summed E-state index contributed by atoms with van der Waals surface area (Å²) in [4.78, 5) is 17.6. The summed E-state index contributed by atoms with van der Waals surface area (Å²) >= 11 is 0. The van der Waals surface area contributed by atoms with Crippen LogP contribution in [-0.2, 0) is 12.0 Å². The van der Waals surface area contributed by atoms with Crippen LogP contribution in [0.5, 0.6) is 5.75 Å². The SMILES string of the molecule is COc1ccc2c(c1)C1(CCN(Cc3cc(C)cc(C)c3)CC1)CN2C(=O)Nc1cccc(F)c1.